The van der Waals surface area contributed by atoms with Gasteiger partial charge in [-0.2, -0.15) is 0 Å². The van der Waals surface area contributed by atoms with E-state index in [0.29, 0.717) is 27.5 Å². The molecule has 6 nitrogen and oxygen atoms in total. The molecule has 3 aromatic rings. The second kappa shape index (κ2) is 8.48. The van der Waals surface area contributed by atoms with Crippen molar-refractivity contribution >= 4 is 55.1 Å². The first-order chi connectivity index (χ1) is 15.1. The zero-order chi connectivity index (χ0) is 23.2. The number of amides is 1. The molecule has 1 atom stereocenters. The number of thiophene rings is 1. The van der Waals surface area contributed by atoms with Gasteiger partial charge in [0.05, 0.1) is 12.7 Å². The highest BCUT2D eigenvalue weighted by molar-refractivity contribution is 9.10. The van der Waals surface area contributed by atoms with Crippen LogP contribution in [0.3, 0.4) is 0 Å². The normalized spacial score (nSPS) is 16.0. The van der Waals surface area contributed by atoms with Crippen molar-refractivity contribution in [2.24, 2.45) is 11.3 Å². The summed E-state index contributed by atoms with van der Waals surface area (Å²) in [7, 11) is 1.33. The summed E-state index contributed by atoms with van der Waals surface area (Å²) in [5.74, 6) is -0.619. The van der Waals surface area contributed by atoms with Crippen LogP contribution in [0.2, 0.25) is 0 Å². The summed E-state index contributed by atoms with van der Waals surface area (Å²) in [6, 6.07) is 6.69. The van der Waals surface area contributed by atoms with E-state index in [9.17, 15) is 14.4 Å². The second-order valence-electron chi connectivity index (χ2n) is 9.09. The van der Waals surface area contributed by atoms with Crippen molar-refractivity contribution in [3.05, 3.63) is 60.7 Å². The van der Waals surface area contributed by atoms with Crippen LogP contribution in [0, 0.1) is 11.3 Å². The first-order valence-electron chi connectivity index (χ1n) is 10.4. The maximum absolute atomic E-state index is 13.0. The largest absolute Gasteiger partial charge is 0.465 e. The van der Waals surface area contributed by atoms with E-state index in [2.05, 4.69) is 42.0 Å². The first-order valence-corrected chi connectivity index (χ1v) is 12.0. The number of halogens is 1. The number of nitrogens with one attached hydrogen (secondary N) is 1. The van der Waals surface area contributed by atoms with Gasteiger partial charge in [-0.15, -0.1) is 11.3 Å². The number of benzene rings is 1. The number of hydrogen-bond donors (Lipinski definition) is 1. The van der Waals surface area contributed by atoms with Crippen LogP contribution in [0.15, 0.2) is 37.9 Å². The molecule has 0 aliphatic heterocycles. The number of hydrogen-bond acceptors (Lipinski definition) is 6. The lowest BCUT2D eigenvalue weighted by Crippen LogP contribution is -2.26. The van der Waals surface area contributed by atoms with E-state index in [4.69, 9.17) is 9.15 Å². The minimum atomic E-state index is -0.731. The summed E-state index contributed by atoms with van der Waals surface area (Å²) >= 11 is 4.77. The highest BCUT2D eigenvalue weighted by Crippen LogP contribution is 2.44. The fraction of sp³-hybridized carbons (Fsp3) is 0.375. The number of methoxy groups -OCH3 is 1. The highest BCUT2D eigenvalue weighted by Gasteiger charge is 2.34. The molecule has 1 aromatic carbocycles. The minimum absolute atomic E-state index is 0.120. The molecule has 0 radical (unpaired) electrons. The molecule has 168 valence electrons. The van der Waals surface area contributed by atoms with E-state index in [0.717, 1.165) is 34.2 Å². The van der Waals surface area contributed by atoms with E-state index >= 15 is 0 Å². The predicted octanol–water partition coefficient (Wildman–Crippen LogP) is 5.81. The van der Waals surface area contributed by atoms with E-state index in [-0.39, 0.29) is 11.0 Å². The fourth-order valence-electron chi connectivity index (χ4n) is 4.15. The maximum Gasteiger partial charge on any atom is 0.349 e. The van der Waals surface area contributed by atoms with E-state index < -0.39 is 17.5 Å². The Hall–Kier alpha value is -2.45. The molecule has 2 heterocycles. The van der Waals surface area contributed by atoms with Crippen LogP contribution in [-0.2, 0) is 17.6 Å². The molecule has 0 spiro atoms. The van der Waals surface area contributed by atoms with Crippen LogP contribution in [0.5, 0.6) is 0 Å². The van der Waals surface area contributed by atoms with Crippen molar-refractivity contribution in [2.45, 2.75) is 40.0 Å². The third-order valence-corrected chi connectivity index (χ3v) is 7.71. The summed E-state index contributed by atoms with van der Waals surface area (Å²) in [5, 5.41) is 3.81. The van der Waals surface area contributed by atoms with Crippen LogP contribution in [0.1, 0.15) is 58.3 Å². The van der Waals surface area contributed by atoms with Crippen LogP contribution < -0.4 is 10.9 Å². The van der Waals surface area contributed by atoms with Crippen molar-refractivity contribution in [1.29, 1.82) is 0 Å². The quantitative estimate of drug-likeness (QED) is 0.350. The van der Waals surface area contributed by atoms with Crippen molar-refractivity contribution < 1.29 is 18.7 Å². The van der Waals surface area contributed by atoms with Crippen molar-refractivity contribution in [1.82, 2.24) is 0 Å². The van der Waals surface area contributed by atoms with Gasteiger partial charge in [-0.1, -0.05) is 36.7 Å². The lowest BCUT2D eigenvalue weighted by Gasteiger charge is -2.33. The smallest absolute Gasteiger partial charge is 0.349 e. The van der Waals surface area contributed by atoms with Gasteiger partial charge in [0, 0.05) is 14.7 Å². The van der Waals surface area contributed by atoms with Gasteiger partial charge in [0.15, 0.2) is 0 Å². The molecule has 4 rings (SSSR count). The third-order valence-electron chi connectivity index (χ3n) is 6.05. The zero-order valence-corrected chi connectivity index (χ0v) is 20.7. The molecule has 1 aliphatic carbocycles. The summed E-state index contributed by atoms with van der Waals surface area (Å²) in [6.07, 6.45) is 2.56. The first kappa shape index (κ1) is 22.7. The summed E-state index contributed by atoms with van der Waals surface area (Å²) < 4.78 is 11.1. The zero-order valence-electron chi connectivity index (χ0n) is 18.3. The molecule has 1 unspecified atom stereocenters. The van der Waals surface area contributed by atoms with Crippen molar-refractivity contribution in [2.75, 3.05) is 12.4 Å². The SMILES string of the molecule is COC(=O)c1c(NC(=O)c2cc3cc(Br)ccc3oc2=O)sc2c1CCC(C(C)(C)C)C2. The molecule has 8 heteroatoms. The van der Waals surface area contributed by atoms with E-state index in [1.54, 1.807) is 18.2 Å². The van der Waals surface area contributed by atoms with Crippen LogP contribution in [-0.4, -0.2) is 19.0 Å². The Morgan fingerprint density at radius 2 is 2.00 bits per heavy atom. The monoisotopic (exact) mass is 517 g/mol. The number of fused-ring (bicyclic) bond motifs is 2. The van der Waals surface area contributed by atoms with E-state index in [1.807, 2.05) is 0 Å². The van der Waals surface area contributed by atoms with Crippen LogP contribution >= 0.6 is 27.3 Å². The van der Waals surface area contributed by atoms with Crippen LogP contribution in [0.4, 0.5) is 5.00 Å². The fourth-order valence-corrected chi connectivity index (χ4v) is 5.84. The number of rotatable bonds is 3. The van der Waals surface area contributed by atoms with Gasteiger partial charge in [-0.05, 0) is 60.4 Å². The number of esters is 1. The topological polar surface area (TPSA) is 85.6 Å². The molecule has 1 aliphatic rings. The van der Waals surface area contributed by atoms with E-state index in [1.165, 1.54) is 24.5 Å². The van der Waals surface area contributed by atoms with Gasteiger partial charge in [-0.25, -0.2) is 9.59 Å². The molecule has 1 N–H and O–H groups in total. The van der Waals surface area contributed by atoms with Crippen molar-refractivity contribution in [3.8, 4) is 0 Å². The lowest BCUT2D eigenvalue weighted by molar-refractivity contribution is 0.0600. The Morgan fingerprint density at radius 3 is 2.69 bits per heavy atom. The second-order valence-corrected chi connectivity index (χ2v) is 11.1. The van der Waals surface area contributed by atoms with Gasteiger partial charge < -0.3 is 14.5 Å². The van der Waals surface area contributed by atoms with Gasteiger partial charge in [0.2, 0.25) is 0 Å². The molecule has 0 fully saturated rings. The van der Waals surface area contributed by atoms with Crippen LogP contribution in [0.25, 0.3) is 11.0 Å². The molecular weight excluding hydrogens is 494 g/mol. The number of carbonyl (C=O) groups is 2. The highest BCUT2D eigenvalue weighted by atomic mass is 79.9. The summed E-state index contributed by atoms with van der Waals surface area (Å²) in [4.78, 5) is 39.2. The van der Waals surface area contributed by atoms with Crippen molar-refractivity contribution in [3.63, 3.8) is 0 Å². The standard InChI is InChI=1S/C24H24BrNO5S/c1-24(2,3)13-5-7-15-18(11-13)32-21(19(15)23(29)30-4)26-20(27)16-10-12-9-14(25)6-8-17(12)31-22(16)28/h6,8-10,13H,5,7,11H2,1-4H3,(H,26,27). The Labute approximate surface area is 198 Å². The molecular formula is C24H24BrNO5S. The molecule has 32 heavy (non-hydrogen) atoms. The van der Waals surface area contributed by atoms with Gasteiger partial charge >= 0.3 is 11.6 Å². The minimum Gasteiger partial charge on any atom is -0.465 e. The van der Waals surface area contributed by atoms with Gasteiger partial charge in [0.25, 0.3) is 5.91 Å². The maximum atomic E-state index is 13.0. The number of carbonyl (C=O) groups excluding carboxylic acids is 2. The molecule has 0 bridgehead atoms. The summed E-state index contributed by atoms with van der Waals surface area (Å²) in [6.45, 7) is 6.66. The number of anilines is 1. The van der Waals surface area contributed by atoms with Gasteiger partial charge in [0.1, 0.15) is 16.1 Å². The lowest BCUT2D eigenvalue weighted by atomic mass is 9.72. The number of ether oxygens (including phenoxy) is 1. The molecule has 0 saturated heterocycles. The average molecular weight is 518 g/mol. The average Bonchev–Trinajstić information content (AvgIpc) is 3.09. The Bertz CT molecular complexity index is 1280. The van der Waals surface area contributed by atoms with Gasteiger partial charge in [-0.3, -0.25) is 4.79 Å². The predicted molar refractivity (Wildman–Crippen MR) is 129 cm³/mol. The Morgan fingerprint density at radius 1 is 1.25 bits per heavy atom. The molecule has 0 saturated carbocycles. The Balaban J connectivity index is 1.71. The third kappa shape index (κ3) is 4.26. The summed E-state index contributed by atoms with van der Waals surface area (Å²) in [5.41, 5.74) is 1.02. The molecule has 1 amide bonds. The molecule has 2 aromatic heterocycles. The Kier molecular flexibility index (Phi) is 6.02.